The molecule has 0 atom stereocenters. The van der Waals surface area contributed by atoms with E-state index in [9.17, 15) is 9.59 Å². The fourth-order valence-corrected chi connectivity index (χ4v) is 4.16. The van der Waals surface area contributed by atoms with E-state index in [1.54, 1.807) is 33.3 Å². The third kappa shape index (κ3) is 4.89. The van der Waals surface area contributed by atoms with Crippen molar-refractivity contribution in [2.45, 2.75) is 19.8 Å². The second kappa shape index (κ2) is 9.76. The molecule has 0 aliphatic carbocycles. The normalized spacial score (nSPS) is 14.3. The van der Waals surface area contributed by atoms with E-state index in [2.05, 4.69) is 5.32 Å². The molecule has 2 aromatic rings. The molecule has 1 saturated heterocycles. The number of rotatable bonds is 7. The Morgan fingerprint density at radius 3 is 2.52 bits per heavy atom. The van der Waals surface area contributed by atoms with Gasteiger partial charge in [0.05, 0.1) is 26.5 Å². The summed E-state index contributed by atoms with van der Waals surface area (Å²) in [7, 11) is 3.14. The molecule has 0 unspecified atom stereocenters. The Bertz CT molecular complexity index is 872. The number of esters is 1. The van der Waals surface area contributed by atoms with Gasteiger partial charge in [0.1, 0.15) is 4.88 Å². The van der Waals surface area contributed by atoms with Crippen molar-refractivity contribution in [1.82, 2.24) is 0 Å². The van der Waals surface area contributed by atoms with Crippen molar-refractivity contribution in [2.75, 3.05) is 39.4 Å². The van der Waals surface area contributed by atoms with Gasteiger partial charge >= 0.3 is 5.97 Å². The number of methoxy groups -OCH3 is 2. The van der Waals surface area contributed by atoms with E-state index in [1.165, 1.54) is 11.3 Å². The molecule has 2 heterocycles. The van der Waals surface area contributed by atoms with E-state index in [4.69, 9.17) is 18.9 Å². The van der Waals surface area contributed by atoms with Crippen LogP contribution in [0.1, 0.15) is 29.4 Å². The first-order valence-electron chi connectivity index (χ1n) is 9.49. The number of hydrogen-bond acceptors (Lipinski definition) is 7. The van der Waals surface area contributed by atoms with Gasteiger partial charge in [-0.1, -0.05) is 0 Å². The molecule has 0 radical (unpaired) electrons. The van der Waals surface area contributed by atoms with Gasteiger partial charge in [0.2, 0.25) is 5.91 Å². The summed E-state index contributed by atoms with van der Waals surface area (Å²) in [6, 6.07) is 7.32. The van der Waals surface area contributed by atoms with Gasteiger partial charge in [-0.15, -0.1) is 11.3 Å². The lowest BCUT2D eigenvalue weighted by molar-refractivity contribution is -0.122. The van der Waals surface area contributed by atoms with Crippen LogP contribution in [0.25, 0.3) is 10.4 Å². The zero-order chi connectivity index (χ0) is 20.8. The number of benzene rings is 1. The second-order valence-corrected chi connectivity index (χ2v) is 7.57. The summed E-state index contributed by atoms with van der Waals surface area (Å²) in [5, 5.41) is 2.92. The van der Waals surface area contributed by atoms with Gasteiger partial charge in [-0.2, -0.15) is 0 Å². The maximum Gasteiger partial charge on any atom is 0.350 e. The largest absolute Gasteiger partial charge is 0.493 e. The van der Waals surface area contributed by atoms with Gasteiger partial charge in [0.15, 0.2) is 11.5 Å². The predicted octanol–water partition coefficient (Wildman–Crippen LogP) is 3.97. The molecule has 0 bridgehead atoms. The Kier molecular flexibility index (Phi) is 7.11. The van der Waals surface area contributed by atoms with E-state index in [0.29, 0.717) is 48.1 Å². The van der Waals surface area contributed by atoms with E-state index in [-0.39, 0.29) is 18.4 Å². The number of hydrogen-bond donors (Lipinski definition) is 1. The molecule has 8 heteroatoms. The standard InChI is InChI=1S/C21H25NO6S/c1-4-28-21(24)19-15(22-20(23)13-7-9-27-10-8-13)12-18(29-19)14-5-6-16(25-2)17(11-14)26-3/h5-6,11-13H,4,7-10H2,1-3H3,(H,22,23). The number of anilines is 1. The molecule has 3 rings (SSSR count). The van der Waals surface area contributed by atoms with Gasteiger partial charge in [-0.3, -0.25) is 4.79 Å². The smallest absolute Gasteiger partial charge is 0.350 e. The van der Waals surface area contributed by atoms with Crippen molar-refractivity contribution in [3.63, 3.8) is 0 Å². The highest BCUT2D eigenvalue weighted by Gasteiger charge is 2.25. The molecule has 1 aliphatic heterocycles. The van der Waals surface area contributed by atoms with Crippen molar-refractivity contribution in [3.05, 3.63) is 29.1 Å². The number of carbonyl (C=O) groups excluding carboxylic acids is 2. The highest BCUT2D eigenvalue weighted by Crippen LogP contribution is 2.39. The molecule has 1 N–H and O–H groups in total. The van der Waals surface area contributed by atoms with Gasteiger partial charge in [0.25, 0.3) is 0 Å². The molecule has 7 nitrogen and oxygen atoms in total. The average Bonchev–Trinajstić information content (AvgIpc) is 3.17. The Morgan fingerprint density at radius 1 is 1.14 bits per heavy atom. The zero-order valence-corrected chi connectivity index (χ0v) is 17.6. The van der Waals surface area contributed by atoms with Crippen LogP contribution in [-0.2, 0) is 14.3 Å². The lowest BCUT2D eigenvalue weighted by atomic mass is 9.99. The molecule has 156 valence electrons. The first kappa shape index (κ1) is 21.1. The highest BCUT2D eigenvalue weighted by molar-refractivity contribution is 7.18. The zero-order valence-electron chi connectivity index (χ0n) is 16.8. The summed E-state index contributed by atoms with van der Waals surface area (Å²) in [6.07, 6.45) is 1.35. The molecule has 1 amide bonds. The molecule has 29 heavy (non-hydrogen) atoms. The molecule has 1 fully saturated rings. The average molecular weight is 419 g/mol. The van der Waals surface area contributed by atoms with Gasteiger partial charge in [-0.25, -0.2) is 4.79 Å². The fourth-order valence-electron chi connectivity index (χ4n) is 3.16. The third-order valence-corrected chi connectivity index (χ3v) is 5.88. The van der Waals surface area contributed by atoms with Crippen LogP contribution < -0.4 is 14.8 Å². The van der Waals surface area contributed by atoms with Crippen molar-refractivity contribution >= 4 is 28.9 Å². The van der Waals surface area contributed by atoms with Crippen LogP contribution in [0.5, 0.6) is 11.5 Å². The van der Waals surface area contributed by atoms with Crippen molar-refractivity contribution in [1.29, 1.82) is 0 Å². The number of thiophene rings is 1. The Morgan fingerprint density at radius 2 is 1.86 bits per heavy atom. The van der Waals surface area contributed by atoms with Gasteiger partial charge in [-0.05, 0) is 49.6 Å². The van der Waals surface area contributed by atoms with Crippen LogP contribution in [0.15, 0.2) is 24.3 Å². The first-order chi connectivity index (χ1) is 14.1. The second-order valence-electron chi connectivity index (χ2n) is 6.52. The van der Waals surface area contributed by atoms with E-state index in [0.717, 1.165) is 10.4 Å². The first-order valence-corrected chi connectivity index (χ1v) is 10.3. The van der Waals surface area contributed by atoms with Crippen LogP contribution in [0.3, 0.4) is 0 Å². The summed E-state index contributed by atoms with van der Waals surface area (Å²) >= 11 is 1.27. The topological polar surface area (TPSA) is 83.1 Å². The lowest BCUT2D eigenvalue weighted by Gasteiger charge is -2.21. The number of ether oxygens (including phenoxy) is 4. The number of nitrogens with one attached hydrogen (secondary N) is 1. The summed E-state index contributed by atoms with van der Waals surface area (Å²) in [5.74, 6) is 0.528. The lowest BCUT2D eigenvalue weighted by Crippen LogP contribution is -2.28. The molecule has 1 aromatic carbocycles. The fraction of sp³-hybridized carbons (Fsp3) is 0.429. The van der Waals surface area contributed by atoms with E-state index in [1.807, 2.05) is 12.1 Å². The maximum absolute atomic E-state index is 12.7. The van der Waals surface area contributed by atoms with E-state index < -0.39 is 5.97 Å². The molecular formula is C21H25NO6S. The molecule has 1 aliphatic rings. The summed E-state index contributed by atoms with van der Waals surface area (Å²) in [4.78, 5) is 26.3. The minimum atomic E-state index is -0.452. The van der Waals surface area contributed by atoms with Crippen molar-refractivity contribution in [3.8, 4) is 21.9 Å². The highest BCUT2D eigenvalue weighted by atomic mass is 32.1. The molecular weight excluding hydrogens is 394 g/mol. The Labute approximate surface area is 173 Å². The summed E-state index contributed by atoms with van der Waals surface area (Å²) in [5.41, 5.74) is 1.32. The Balaban J connectivity index is 1.92. The molecule has 0 spiro atoms. The van der Waals surface area contributed by atoms with Crippen LogP contribution in [0.4, 0.5) is 5.69 Å². The monoisotopic (exact) mass is 419 g/mol. The van der Waals surface area contributed by atoms with Gasteiger partial charge < -0.3 is 24.3 Å². The van der Waals surface area contributed by atoms with Crippen molar-refractivity contribution < 1.29 is 28.5 Å². The minimum absolute atomic E-state index is 0.101. The number of amides is 1. The SMILES string of the molecule is CCOC(=O)c1sc(-c2ccc(OC)c(OC)c2)cc1NC(=O)C1CCOCC1. The quantitative estimate of drug-likeness (QED) is 0.684. The Hall–Kier alpha value is -2.58. The van der Waals surface area contributed by atoms with Gasteiger partial charge in [0, 0.05) is 24.0 Å². The predicted molar refractivity (Wildman–Crippen MR) is 111 cm³/mol. The third-order valence-electron chi connectivity index (χ3n) is 4.71. The number of carbonyl (C=O) groups is 2. The molecule has 1 aromatic heterocycles. The van der Waals surface area contributed by atoms with Crippen LogP contribution in [0.2, 0.25) is 0 Å². The molecule has 0 saturated carbocycles. The van der Waals surface area contributed by atoms with E-state index >= 15 is 0 Å². The summed E-state index contributed by atoms with van der Waals surface area (Å²) in [6.45, 7) is 3.16. The maximum atomic E-state index is 12.7. The van der Waals surface area contributed by atoms with Crippen LogP contribution in [-0.4, -0.2) is 45.9 Å². The van der Waals surface area contributed by atoms with Crippen molar-refractivity contribution in [2.24, 2.45) is 5.92 Å². The minimum Gasteiger partial charge on any atom is -0.493 e. The van der Waals surface area contributed by atoms with Crippen LogP contribution in [0, 0.1) is 5.92 Å². The van der Waals surface area contributed by atoms with Crippen LogP contribution >= 0.6 is 11.3 Å². The summed E-state index contributed by atoms with van der Waals surface area (Å²) < 4.78 is 21.2.